The van der Waals surface area contributed by atoms with Crippen LogP contribution in [0.5, 0.6) is 0 Å². The number of hydrogen-bond donors (Lipinski definition) is 0. The summed E-state index contributed by atoms with van der Waals surface area (Å²) < 4.78 is 13.0. The Bertz CT molecular complexity index is 1130. The minimum atomic E-state index is -0.689. The summed E-state index contributed by atoms with van der Waals surface area (Å²) in [5, 5.41) is 12.6. The summed E-state index contributed by atoms with van der Waals surface area (Å²) in [4.78, 5) is 12.8. The molecule has 0 aliphatic carbocycles. The molecule has 0 amide bonds. The van der Waals surface area contributed by atoms with E-state index >= 15 is 0 Å². The molecule has 0 saturated carbocycles. The van der Waals surface area contributed by atoms with Crippen molar-refractivity contribution < 1.29 is 13.9 Å². The lowest BCUT2D eigenvalue weighted by Gasteiger charge is -2.10. The number of esters is 1. The Labute approximate surface area is 168 Å². The van der Waals surface area contributed by atoms with Gasteiger partial charge in [-0.3, -0.25) is 0 Å². The van der Waals surface area contributed by atoms with E-state index in [2.05, 4.69) is 15.3 Å². The Balaban J connectivity index is 1.54. The zero-order chi connectivity index (χ0) is 20.4. The Morgan fingerprint density at radius 1 is 1.00 bits per heavy atom. The molecule has 29 heavy (non-hydrogen) atoms. The third kappa shape index (κ3) is 3.67. The fourth-order valence-electron chi connectivity index (χ4n) is 3.12. The number of benzene rings is 2. The number of ether oxygens (including phenoxy) is 1. The molecule has 0 fully saturated rings. The minimum Gasteiger partial charge on any atom is -0.449 e. The molecule has 0 unspecified atom stereocenters. The Morgan fingerprint density at radius 3 is 2.34 bits per heavy atom. The fraction of sp³-hybridized carbons (Fsp3) is 0.182. The van der Waals surface area contributed by atoms with E-state index < -0.39 is 12.1 Å². The van der Waals surface area contributed by atoms with E-state index in [1.165, 1.54) is 0 Å². The lowest BCUT2D eigenvalue weighted by Crippen LogP contribution is -2.11. The van der Waals surface area contributed by atoms with Crippen molar-refractivity contribution in [3.8, 4) is 17.1 Å². The molecule has 7 nitrogen and oxygen atoms in total. The van der Waals surface area contributed by atoms with Crippen LogP contribution in [0.15, 0.2) is 65.1 Å². The van der Waals surface area contributed by atoms with Gasteiger partial charge in [0.05, 0.1) is 17.1 Å². The van der Waals surface area contributed by atoms with Gasteiger partial charge in [0.2, 0.25) is 5.89 Å². The molecule has 146 valence electrons. The van der Waals surface area contributed by atoms with Crippen LogP contribution in [-0.2, 0) is 4.74 Å². The quantitative estimate of drug-likeness (QED) is 0.470. The Morgan fingerprint density at radius 2 is 1.66 bits per heavy atom. The fourth-order valence-corrected chi connectivity index (χ4v) is 3.12. The van der Waals surface area contributed by atoms with Crippen LogP contribution in [0.1, 0.15) is 40.7 Å². The molecular weight excluding hydrogens is 368 g/mol. The van der Waals surface area contributed by atoms with Gasteiger partial charge in [0.1, 0.15) is 5.56 Å². The van der Waals surface area contributed by atoms with Crippen molar-refractivity contribution in [3.63, 3.8) is 0 Å². The number of carbonyl (C=O) groups is 1. The highest BCUT2D eigenvalue weighted by atomic mass is 16.6. The summed E-state index contributed by atoms with van der Waals surface area (Å²) >= 11 is 0. The molecule has 4 rings (SSSR count). The number of para-hydroxylation sites is 1. The van der Waals surface area contributed by atoms with E-state index in [9.17, 15) is 4.79 Å². The van der Waals surface area contributed by atoms with E-state index in [0.717, 1.165) is 11.3 Å². The Hall–Kier alpha value is -3.74. The van der Waals surface area contributed by atoms with Gasteiger partial charge in [-0.05, 0) is 45.0 Å². The van der Waals surface area contributed by atoms with E-state index in [0.29, 0.717) is 22.8 Å². The van der Waals surface area contributed by atoms with Crippen LogP contribution in [-0.4, -0.2) is 25.9 Å². The van der Waals surface area contributed by atoms with Gasteiger partial charge in [-0.1, -0.05) is 36.4 Å². The van der Waals surface area contributed by atoms with Crippen LogP contribution < -0.4 is 0 Å². The predicted molar refractivity (Wildman–Crippen MR) is 107 cm³/mol. The smallest absolute Gasteiger partial charge is 0.342 e. The van der Waals surface area contributed by atoms with Crippen LogP contribution in [0, 0.1) is 13.8 Å². The molecule has 0 aliphatic heterocycles. The average Bonchev–Trinajstić information content (AvgIpc) is 3.34. The van der Waals surface area contributed by atoms with Gasteiger partial charge in [0.15, 0.2) is 6.10 Å². The van der Waals surface area contributed by atoms with Gasteiger partial charge in [-0.15, -0.1) is 10.2 Å². The first-order chi connectivity index (χ1) is 14.0. The maximum atomic E-state index is 12.8. The topological polar surface area (TPSA) is 83.0 Å². The first-order valence-corrected chi connectivity index (χ1v) is 9.26. The maximum absolute atomic E-state index is 12.8. The van der Waals surface area contributed by atoms with Gasteiger partial charge in [-0.25, -0.2) is 9.48 Å². The van der Waals surface area contributed by atoms with Gasteiger partial charge >= 0.3 is 5.97 Å². The second-order valence-electron chi connectivity index (χ2n) is 6.65. The highest BCUT2D eigenvalue weighted by molar-refractivity contribution is 5.92. The summed E-state index contributed by atoms with van der Waals surface area (Å²) in [6.07, 6.45) is -0.689. The molecule has 0 aliphatic rings. The van der Waals surface area contributed by atoms with E-state index in [1.54, 1.807) is 18.5 Å². The maximum Gasteiger partial charge on any atom is 0.342 e. The normalized spacial score (nSPS) is 12.0. The number of rotatable bonds is 5. The molecule has 0 N–H and O–H groups in total. The average molecular weight is 388 g/mol. The van der Waals surface area contributed by atoms with Crippen LogP contribution in [0.3, 0.4) is 0 Å². The molecule has 0 radical (unpaired) electrons. The molecule has 4 aromatic rings. The highest BCUT2D eigenvalue weighted by Crippen LogP contribution is 2.25. The van der Waals surface area contributed by atoms with Crippen LogP contribution in [0.25, 0.3) is 17.1 Å². The second-order valence-corrected chi connectivity index (χ2v) is 6.65. The van der Waals surface area contributed by atoms with Crippen molar-refractivity contribution in [1.29, 1.82) is 0 Å². The lowest BCUT2D eigenvalue weighted by atomic mass is 10.2. The first-order valence-electron chi connectivity index (χ1n) is 9.26. The van der Waals surface area contributed by atoms with Gasteiger partial charge in [-0.2, -0.15) is 5.10 Å². The first kappa shape index (κ1) is 18.6. The zero-order valence-electron chi connectivity index (χ0n) is 16.4. The standard InChI is InChI=1S/C22H20N4O3/c1-14-19(15(2)26(25-14)18-12-8-5-9-13-18)22(27)28-16(3)20-23-24-21(29-20)17-10-6-4-7-11-17/h4-13,16H,1-3H3/t16-/m1/s1. The van der Waals surface area contributed by atoms with Gasteiger partial charge < -0.3 is 9.15 Å². The SMILES string of the molecule is Cc1nn(-c2ccccc2)c(C)c1C(=O)O[C@H](C)c1nnc(-c2ccccc2)o1. The summed E-state index contributed by atoms with van der Waals surface area (Å²) in [6, 6.07) is 19.1. The van der Waals surface area contributed by atoms with E-state index in [1.807, 2.05) is 67.6 Å². The number of nitrogens with zero attached hydrogens (tertiary/aromatic N) is 4. The van der Waals surface area contributed by atoms with Crippen molar-refractivity contribution in [2.24, 2.45) is 0 Å². The van der Waals surface area contributed by atoms with E-state index in [-0.39, 0.29) is 5.89 Å². The molecule has 2 heterocycles. The molecule has 0 spiro atoms. The monoisotopic (exact) mass is 388 g/mol. The summed E-state index contributed by atoms with van der Waals surface area (Å²) in [5.74, 6) is 0.143. The van der Waals surface area contributed by atoms with Gasteiger partial charge in [0.25, 0.3) is 5.89 Å². The summed E-state index contributed by atoms with van der Waals surface area (Å²) in [7, 11) is 0. The number of carbonyl (C=O) groups excluding carboxylic acids is 1. The van der Waals surface area contributed by atoms with E-state index in [4.69, 9.17) is 9.15 Å². The zero-order valence-corrected chi connectivity index (χ0v) is 16.4. The highest BCUT2D eigenvalue weighted by Gasteiger charge is 2.25. The molecule has 0 bridgehead atoms. The van der Waals surface area contributed by atoms with Crippen molar-refractivity contribution >= 4 is 5.97 Å². The molecule has 7 heteroatoms. The van der Waals surface area contributed by atoms with Gasteiger partial charge in [0, 0.05) is 5.56 Å². The molecular formula is C22H20N4O3. The lowest BCUT2D eigenvalue weighted by molar-refractivity contribution is 0.0278. The van der Waals surface area contributed by atoms with Crippen molar-refractivity contribution in [2.75, 3.05) is 0 Å². The molecule has 0 saturated heterocycles. The summed E-state index contributed by atoms with van der Waals surface area (Å²) in [6.45, 7) is 5.33. The largest absolute Gasteiger partial charge is 0.449 e. The minimum absolute atomic E-state index is 0.239. The Kier molecular flexibility index (Phi) is 4.95. The number of aryl methyl sites for hydroxylation is 1. The van der Waals surface area contributed by atoms with Crippen LogP contribution in [0.2, 0.25) is 0 Å². The number of aromatic nitrogens is 4. The molecule has 2 aromatic carbocycles. The number of hydrogen-bond acceptors (Lipinski definition) is 6. The molecule has 2 aromatic heterocycles. The third-order valence-corrected chi connectivity index (χ3v) is 4.59. The van der Waals surface area contributed by atoms with Crippen molar-refractivity contribution in [2.45, 2.75) is 26.9 Å². The van der Waals surface area contributed by atoms with Crippen molar-refractivity contribution in [1.82, 2.24) is 20.0 Å². The second kappa shape index (κ2) is 7.71. The molecule has 1 atom stereocenters. The third-order valence-electron chi connectivity index (χ3n) is 4.59. The summed E-state index contributed by atoms with van der Waals surface area (Å²) in [5.41, 5.74) is 3.43. The van der Waals surface area contributed by atoms with Crippen LogP contribution >= 0.6 is 0 Å². The van der Waals surface area contributed by atoms with Crippen molar-refractivity contribution in [3.05, 3.63) is 83.5 Å². The van der Waals surface area contributed by atoms with Crippen LogP contribution in [0.4, 0.5) is 0 Å². The predicted octanol–water partition coefficient (Wildman–Crippen LogP) is 4.46.